The second kappa shape index (κ2) is 13.7. The normalized spacial score (nSPS) is 10.3. The summed E-state index contributed by atoms with van der Waals surface area (Å²) in [6.07, 6.45) is 0. The molecule has 8 rings (SSSR count). The van der Waals surface area contributed by atoms with Gasteiger partial charge in [0.1, 0.15) is 0 Å². The van der Waals surface area contributed by atoms with Crippen molar-refractivity contribution < 1.29 is 0 Å². The predicted octanol–water partition coefficient (Wildman–Crippen LogP) is -1.24. The van der Waals surface area contributed by atoms with Crippen molar-refractivity contribution in [2.75, 3.05) is 0 Å². The van der Waals surface area contributed by atoms with E-state index in [9.17, 15) is 19.2 Å². The molecule has 0 atom stereocenters. The van der Waals surface area contributed by atoms with Crippen LogP contribution in [-0.2, 0) is 0 Å². The molecule has 0 unspecified atom stereocenters. The van der Waals surface area contributed by atoms with E-state index in [-0.39, 0.29) is 23.1 Å². The first-order valence-electron chi connectivity index (χ1n) is 12.9. The minimum absolute atomic E-state index is 0.163. The third-order valence-corrected chi connectivity index (χ3v) is 5.30. The average molecular weight is 633 g/mol. The van der Waals surface area contributed by atoms with E-state index in [1.807, 2.05) is 0 Å². The van der Waals surface area contributed by atoms with E-state index in [1.54, 1.807) is 38.1 Å². The van der Waals surface area contributed by atoms with E-state index >= 15 is 0 Å². The molecule has 46 heavy (non-hydrogen) atoms. The van der Waals surface area contributed by atoms with Crippen molar-refractivity contribution in [2.45, 2.75) is 13.8 Å². The van der Waals surface area contributed by atoms with Crippen LogP contribution in [0.5, 0.6) is 0 Å². The number of nitrogens with one attached hydrogen (secondary N) is 12. The molecule has 0 fully saturated rings. The SMILES string of the molecule is Cc1cc2cc(c1)[nH]c(=O)[nH][nH]c1nnc(nn1)[nH][nH]c(=O)[nH]c1cc(C)cc(c1)[nH]c(=O)[nH][nH]c1nnc(nn1)[nH][nH]c(=O)[nH]2. The first kappa shape index (κ1) is 30.1. The van der Waals surface area contributed by atoms with Gasteiger partial charge in [-0.15, -0.1) is 40.8 Å². The number of aromatic amines is 12. The smallest absolute Gasteiger partial charge is 0.306 e. The predicted molar refractivity (Wildman–Crippen MR) is 160 cm³/mol. The Hall–Kier alpha value is -7.40. The molecule has 24 heteroatoms. The van der Waals surface area contributed by atoms with Crippen LogP contribution in [0.4, 0.5) is 0 Å². The lowest BCUT2D eigenvalue weighted by molar-refractivity contribution is 0.841. The molecule has 6 aromatic heterocycles. The molecule has 0 aliphatic rings. The van der Waals surface area contributed by atoms with Crippen LogP contribution in [0.2, 0.25) is 0 Å². The standard InChI is InChI=1S/C22H24N20O4/c1-9-3-11-7-12(4-9)24-20(44)40-36-16-29-33-18(34-30-16)38-42-22(46)26-14-6-10(2)5-13(8-14)25-21(45)41-37-17-31-27-15(28-32-17)35-39-19(43)23-11/h3-8H,1-2H3,(H2,23,39,43)(H2,24,40,44)(H2,25,41,45)(H2,26,42,46)(H,27,28,35)(H,29,30,36)(H,31,32,37)(H,33,34,38). The molecule has 24 nitrogen and oxygen atoms in total. The van der Waals surface area contributed by atoms with Gasteiger partial charge in [-0.2, -0.15) is 0 Å². The van der Waals surface area contributed by atoms with Crippen molar-refractivity contribution in [2.24, 2.45) is 0 Å². The summed E-state index contributed by atoms with van der Waals surface area (Å²) in [7, 11) is 0. The van der Waals surface area contributed by atoms with Crippen LogP contribution in [0.3, 0.4) is 0 Å². The maximum Gasteiger partial charge on any atom is 0.337 e. The number of H-pyrrole nitrogens is 12. The van der Waals surface area contributed by atoms with Gasteiger partial charge in [-0.1, -0.05) is 0 Å². The van der Waals surface area contributed by atoms with Crippen molar-refractivity contribution in [1.29, 1.82) is 0 Å². The molecule has 0 aliphatic carbocycles. The molecule has 0 radical (unpaired) electrons. The maximum absolute atomic E-state index is 12.4. The highest BCUT2D eigenvalue weighted by Crippen LogP contribution is 2.06. The van der Waals surface area contributed by atoms with Crippen LogP contribution in [0.1, 0.15) is 11.1 Å². The summed E-state index contributed by atoms with van der Waals surface area (Å²) in [5, 5.41) is 48.9. The molecule has 6 heterocycles. The van der Waals surface area contributed by atoms with E-state index in [4.69, 9.17) is 0 Å². The molecular formula is C22H24N20O4. The summed E-state index contributed by atoms with van der Waals surface area (Å²) in [6, 6.07) is 9.62. The quantitative estimate of drug-likeness (QED) is 0.0954. The third-order valence-electron chi connectivity index (χ3n) is 5.30. The molecule has 0 amide bonds. The number of hydrogen-bond donors (Lipinski definition) is 12. The number of aryl methyl sites for hydroxylation is 2. The van der Waals surface area contributed by atoms with Gasteiger partial charge in [0, 0.05) is 22.1 Å². The Morgan fingerprint density at radius 1 is 0.348 bits per heavy atom. The molecule has 0 saturated heterocycles. The van der Waals surface area contributed by atoms with Gasteiger partial charge >= 0.3 is 22.8 Å². The van der Waals surface area contributed by atoms with Gasteiger partial charge in [0.25, 0.3) is 23.1 Å². The van der Waals surface area contributed by atoms with Gasteiger partial charge in [0.2, 0.25) is 0 Å². The molecule has 0 aliphatic heterocycles. The number of benzene rings is 2. The summed E-state index contributed by atoms with van der Waals surface area (Å²) in [5.41, 5.74) is -0.00315. The molecule has 12 N–H and O–H groups in total. The van der Waals surface area contributed by atoms with Crippen LogP contribution in [0.15, 0.2) is 55.6 Å². The van der Waals surface area contributed by atoms with Gasteiger partial charge in [-0.3, -0.25) is 20.4 Å². The molecule has 236 valence electrons. The molecule has 8 aromatic rings. The summed E-state index contributed by atoms with van der Waals surface area (Å²) in [6.45, 7) is 3.51. The fourth-order valence-corrected chi connectivity index (χ4v) is 3.61. The second-order valence-electron chi connectivity index (χ2n) is 9.09. The topological polar surface area (TPSA) is 361 Å². The zero-order valence-electron chi connectivity index (χ0n) is 23.7. The Labute approximate surface area is 250 Å². The van der Waals surface area contributed by atoms with Crippen molar-refractivity contribution in [3.8, 4) is 0 Å². The minimum Gasteiger partial charge on any atom is -0.306 e. The summed E-state index contributed by atoms with van der Waals surface area (Å²) < 4.78 is 0. The molecule has 8 bridgehead atoms. The van der Waals surface area contributed by atoms with E-state index in [1.165, 1.54) is 12.1 Å². The lowest BCUT2D eigenvalue weighted by Gasteiger charge is -1.94. The molecule has 0 saturated carbocycles. The highest BCUT2D eigenvalue weighted by molar-refractivity contribution is 5.61. The second-order valence-corrected chi connectivity index (χ2v) is 9.09. The monoisotopic (exact) mass is 632 g/mol. The largest absolute Gasteiger partial charge is 0.337 e. The van der Waals surface area contributed by atoms with Crippen LogP contribution in [0, 0.1) is 13.8 Å². The average Bonchev–Trinajstić information content (AvgIpc) is 3.01. The van der Waals surface area contributed by atoms with Gasteiger partial charge in [-0.25, -0.2) is 39.6 Å². The molecule has 2 aromatic carbocycles. The highest BCUT2D eigenvalue weighted by atomic mass is 16.2. The van der Waals surface area contributed by atoms with Gasteiger partial charge in [-0.05, 0) is 61.4 Å². The summed E-state index contributed by atoms with van der Waals surface area (Å²) in [4.78, 5) is 59.9. The van der Waals surface area contributed by atoms with E-state index in [2.05, 4.69) is 102 Å². The number of aromatic nitrogens is 20. The Kier molecular flexibility index (Phi) is 8.97. The Morgan fingerprint density at radius 3 is 0.783 bits per heavy atom. The fourth-order valence-electron chi connectivity index (χ4n) is 3.61. The summed E-state index contributed by atoms with van der Waals surface area (Å²) >= 11 is 0. The van der Waals surface area contributed by atoms with Crippen molar-refractivity contribution in [3.05, 3.63) is 89.5 Å². The number of hydrogen-bond acceptors (Lipinski definition) is 12. The van der Waals surface area contributed by atoms with Crippen LogP contribution in [0.25, 0.3) is 45.2 Å². The molecular weight excluding hydrogens is 608 g/mol. The van der Waals surface area contributed by atoms with Crippen molar-refractivity contribution >= 4 is 45.2 Å². The fraction of sp³-hybridized carbons (Fsp3) is 0.0909. The maximum atomic E-state index is 12.4. The number of rotatable bonds is 0. The van der Waals surface area contributed by atoms with Crippen LogP contribution in [-0.4, -0.2) is 102 Å². The van der Waals surface area contributed by atoms with E-state index in [0.29, 0.717) is 33.2 Å². The zero-order chi connectivity index (χ0) is 32.5. The Morgan fingerprint density at radius 2 is 0.565 bits per heavy atom. The zero-order valence-corrected chi connectivity index (χ0v) is 23.7. The van der Waals surface area contributed by atoms with E-state index < -0.39 is 22.8 Å². The van der Waals surface area contributed by atoms with Crippen molar-refractivity contribution in [3.63, 3.8) is 0 Å². The van der Waals surface area contributed by atoms with Gasteiger partial charge in [0.15, 0.2) is 0 Å². The molecule has 0 spiro atoms. The van der Waals surface area contributed by atoms with E-state index in [0.717, 1.165) is 0 Å². The first-order chi connectivity index (χ1) is 22.2. The third kappa shape index (κ3) is 8.80. The minimum atomic E-state index is -0.698. The highest BCUT2D eigenvalue weighted by Gasteiger charge is 1.93. The lowest BCUT2D eigenvalue weighted by atomic mass is 10.2. The first-order valence-corrected chi connectivity index (χ1v) is 12.9. The number of nitrogens with zero attached hydrogens (tertiary/aromatic N) is 8. The van der Waals surface area contributed by atoms with Crippen LogP contribution < -0.4 is 22.8 Å². The van der Waals surface area contributed by atoms with Gasteiger partial charge < -0.3 is 19.9 Å². The van der Waals surface area contributed by atoms with Crippen molar-refractivity contribution in [1.82, 2.24) is 102 Å². The summed E-state index contributed by atoms with van der Waals surface area (Å²) in [5.74, 6) is -0.653. The Balaban J connectivity index is 1.70. The van der Waals surface area contributed by atoms with Gasteiger partial charge in [0.05, 0.1) is 0 Å². The lowest BCUT2D eigenvalue weighted by Crippen LogP contribution is -2.11. The Bertz CT molecular complexity index is 2150. The van der Waals surface area contributed by atoms with Crippen LogP contribution >= 0.6 is 0 Å².